The average Bonchev–Trinajstić information content (AvgIpc) is 3.14. The molecule has 0 unspecified atom stereocenters. The van der Waals surface area contributed by atoms with E-state index in [1.165, 1.54) is 39.9 Å². The summed E-state index contributed by atoms with van der Waals surface area (Å²) >= 11 is 7.54. The lowest BCUT2D eigenvalue weighted by Crippen LogP contribution is -2.30. The van der Waals surface area contributed by atoms with Gasteiger partial charge in [-0.25, -0.2) is 8.42 Å². The Morgan fingerprint density at radius 1 is 1.09 bits per heavy atom. The molecule has 0 N–H and O–H groups in total. The van der Waals surface area contributed by atoms with Crippen molar-refractivity contribution in [2.75, 3.05) is 19.7 Å². The van der Waals surface area contributed by atoms with Gasteiger partial charge in [-0.1, -0.05) is 36.8 Å². The van der Waals surface area contributed by atoms with Crippen LogP contribution in [-0.2, 0) is 26.1 Å². The van der Waals surface area contributed by atoms with E-state index in [1.807, 2.05) is 13.0 Å². The molecule has 1 amide bonds. The number of aromatic nitrogens is 1. The Balaban J connectivity index is 2.05. The van der Waals surface area contributed by atoms with Crippen LogP contribution >= 0.6 is 22.9 Å². The number of sulfonamides is 1. The Labute approximate surface area is 207 Å². The second-order valence-corrected chi connectivity index (χ2v) is 10.7. The molecule has 3 rings (SSSR count). The highest BCUT2D eigenvalue weighted by atomic mass is 35.5. The van der Waals surface area contributed by atoms with Gasteiger partial charge in [0.25, 0.3) is 5.91 Å². The SMILES string of the molecule is CCOC(=O)Cn1c(=NC(=O)c2ccc(S(=O)(=O)N(CC)CC)cc2)sc2ccc(Cl)c(C)c21. The Bertz CT molecular complexity index is 1390. The number of ether oxygens (including phenoxy) is 1. The van der Waals surface area contributed by atoms with Gasteiger partial charge in [-0.05, 0) is 55.8 Å². The smallest absolute Gasteiger partial charge is 0.326 e. The summed E-state index contributed by atoms with van der Waals surface area (Å²) in [5.74, 6) is -1.01. The third-order valence-electron chi connectivity index (χ3n) is 5.26. The van der Waals surface area contributed by atoms with E-state index in [2.05, 4.69) is 4.99 Å². The van der Waals surface area contributed by atoms with Crippen LogP contribution < -0.4 is 4.80 Å². The summed E-state index contributed by atoms with van der Waals surface area (Å²) in [5, 5.41) is 0.533. The maximum atomic E-state index is 12.9. The lowest BCUT2D eigenvalue weighted by molar-refractivity contribution is -0.143. The van der Waals surface area contributed by atoms with Crippen LogP contribution in [0.3, 0.4) is 0 Å². The monoisotopic (exact) mass is 523 g/mol. The fraction of sp³-hybridized carbons (Fsp3) is 0.348. The van der Waals surface area contributed by atoms with Gasteiger partial charge in [0.15, 0.2) is 4.80 Å². The molecule has 0 fully saturated rings. The molecule has 1 aromatic heterocycles. The molecule has 182 valence electrons. The molecular weight excluding hydrogens is 498 g/mol. The first-order valence-electron chi connectivity index (χ1n) is 10.8. The van der Waals surface area contributed by atoms with Crippen LogP contribution in [0.5, 0.6) is 0 Å². The van der Waals surface area contributed by atoms with Gasteiger partial charge in [0.05, 0.1) is 21.7 Å². The maximum Gasteiger partial charge on any atom is 0.326 e. The van der Waals surface area contributed by atoms with Gasteiger partial charge in [-0.15, -0.1) is 0 Å². The predicted molar refractivity (Wildman–Crippen MR) is 133 cm³/mol. The first-order valence-corrected chi connectivity index (χ1v) is 13.4. The Kier molecular flexibility index (Phi) is 8.29. The number of benzene rings is 2. The molecule has 11 heteroatoms. The molecule has 34 heavy (non-hydrogen) atoms. The number of carbonyl (C=O) groups is 2. The number of fused-ring (bicyclic) bond motifs is 1. The number of hydrogen-bond acceptors (Lipinski definition) is 6. The lowest BCUT2D eigenvalue weighted by Gasteiger charge is -2.18. The van der Waals surface area contributed by atoms with Crippen LogP contribution in [-0.4, -0.2) is 48.9 Å². The second-order valence-electron chi connectivity index (χ2n) is 7.33. The van der Waals surface area contributed by atoms with E-state index in [9.17, 15) is 18.0 Å². The topological polar surface area (TPSA) is 98.0 Å². The van der Waals surface area contributed by atoms with E-state index in [1.54, 1.807) is 31.4 Å². The number of thiazole rings is 1. The Morgan fingerprint density at radius 2 is 1.74 bits per heavy atom. The standard InChI is InChI=1S/C23H26ClN3O5S2/c1-5-26(6-2)34(30,31)17-10-8-16(9-11-17)22(29)25-23-27(14-20(28)32-7-3)21-15(4)18(24)12-13-19(21)33-23/h8-13H,5-7,14H2,1-4H3. The molecule has 0 radical (unpaired) electrons. The third kappa shape index (κ3) is 5.25. The van der Waals surface area contributed by atoms with Crippen LogP contribution in [0.1, 0.15) is 36.7 Å². The van der Waals surface area contributed by atoms with Gasteiger partial charge in [0.2, 0.25) is 10.0 Å². The van der Waals surface area contributed by atoms with Gasteiger partial charge in [0, 0.05) is 23.7 Å². The van der Waals surface area contributed by atoms with Crippen LogP contribution in [0.4, 0.5) is 0 Å². The van der Waals surface area contributed by atoms with Crippen molar-refractivity contribution in [2.45, 2.75) is 39.1 Å². The van der Waals surface area contributed by atoms with Gasteiger partial charge < -0.3 is 9.30 Å². The molecule has 0 spiro atoms. The van der Waals surface area contributed by atoms with E-state index in [-0.39, 0.29) is 23.6 Å². The van der Waals surface area contributed by atoms with Crippen molar-refractivity contribution < 1.29 is 22.7 Å². The summed E-state index contributed by atoms with van der Waals surface area (Å²) < 4.78 is 34.2. The number of esters is 1. The summed E-state index contributed by atoms with van der Waals surface area (Å²) in [6.07, 6.45) is 0. The lowest BCUT2D eigenvalue weighted by atomic mass is 10.2. The summed E-state index contributed by atoms with van der Waals surface area (Å²) in [4.78, 5) is 29.8. The number of carbonyl (C=O) groups excluding carboxylic acids is 2. The van der Waals surface area contributed by atoms with Crippen LogP contribution in [0.15, 0.2) is 46.3 Å². The molecule has 0 aliphatic rings. The third-order valence-corrected chi connectivity index (χ3v) is 8.78. The largest absolute Gasteiger partial charge is 0.465 e. The van der Waals surface area contributed by atoms with E-state index in [0.717, 1.165) is 10.3 Å². The van der Waals surface area contributed by atoms with Crippen molar-refractivity contribution in [3.05, 3.63) is 57.3 Å². The molecule has 0 saturated carbocycles. The van der Waals surface area contributed by atoms with Crippen molar-refractivity contribution in [1.29, 1.82) is 0 Å². The number of rotatable bonds is 8. The van der Waals surface area contributed by atoms with Crippen molar-refractivity contribution in [3.8, 4) is 0 Å². The highest BCUT2D eigenvalue weighted by molar-refractivity contribution is 7.89. The Morgan fingerprint density at radius 3 is 2.32 bits per heavy atom. The zero-order valence-corrected chi connectivity index (χ0v) is 21.8. The van der Waals surface area contributed by atoms with Crippen LogP contribution in [0.2, 0.25) is 5.02 Å². The van der Waals surface area contributed by atoms with E-state index in [0.29, 0.717) is 28.4 Å². The van der Waals surface area contributed by atoms with Crippen molar-refractivity contribution in [2.24, 2.45) is 4.99 Å². The summed E-state index contributed by atoms with van der Waals surface area (Å²) in [5.41, 5.74) is 1.70. The quantitative estimate of drug-likeness (QED) is 0.416. The number of hydrogen-bond donors (Lipinski definition) is 0. The zero-order valence-electron chi connectivity index (χ0n) is 19.4. The maximum absolute atomic E-state index is 12.9. The molecule has 0 saturated heterocycles. The fourth-order valence-corrected chi connectivity index (χ4v) is 6.21. The minimum Gasteiger partial charge on any atom is -0.465 e. The Hall–Kier alpha value is -2.53. The normalized spacial score (nSPS) is 12.5. The summed E-state index contributed by atoms with van der Waals surface area (Å²) in [6, 6.07) is 9.24. The van der Waals surface area contributed by atoms with Crippen molar-refractivity contribution >= 4 is 55.1 Å². The van der Waals surface area contributed by atoms with E-state index < -0.39 is 21.9 Å². The van der Waals surface area contributed by atoms with Crippen LogP contribution in [0, 0.1) is 6.92 Å². The summed E-state index contributed by atoms with van der Waals surface area (Å²) in [6.45, 7) is 7.90. The molecule has 1 heterocycles. The molecule has 2 aromatic carbocycles. The van der Waals surface area contributed by atoms with Crippen molar-refractivity contribution in [1.82, 2.24) is 8.87 Å². The summed E-state index contributed by atoms with van der Waals surface area (Å²) in [7, 11) is -3.63. The van der Waals surface area contributed by atoms with Crippen molar-refractivity contribution in [3.63, 3.8) is 0 Å². The van der Waals surface area contributed by atoms with Gasteiger partial charge in [-0.3, -0.25) is 9.59 Å². The molecule has 0 aliphatic heterocycles. The fourth-order valence-electron chi connectivity index (χ4n) is 3.52. The highest BCUT2D eigenvalue weighted by Gasteiger charge is 2.22. The minimum absolute atomic E-state index is 0.109. The first kappa shape index (κ1) is 26.1. The number of nitrogens with zero attached hydrogens (tertiary/aromatic N) is 3. The highest BCUT2D eigenvalue weighted by Crippen LogP contribution is 2.27. The number of aryl methyl sites for hydroxylation is 1. The van der Waals surface area contributed by atoms with Gasteiger partial charge in [0.1, 0.15) is 6.54 Å². The zero-order chi connectivity index (χ0) is 25.0. The van der Waals surface area contributed by atoms with E-state index >= 15 is 0 Å². The molecule has 0 atom stereocenters. The first-order chi connectivity index (χ1) is 16.1. The van der Waals surface area contributed by atoms with Crippen LogP contribution in [0.25, 0.3) is 10.2 Å². The van der Waals surface area contributed by atoms with Gasteiger partial charge in [-0.2, -0.15) is 9.30 Å². The predicted octanol–water partition coefficient (Wildman–Crippen LogP) is 4.00. The molecule has 3 aromatic rings. The second kappa shape index (κ2) is 10.8. The number of amides is 1. The molecule has 8 nitrogen and oxygen atoms in total. The van der Waals surface area contributed by atoms with E-state index in [4.69, 9.17) is 16.3 Å². The molecule has 0 aliphatic carbocycles. The number of halogens is 1. The molecule has 0 bridgehead atoms. The van der Waals surface area contributed by atoms with Gasteiger partial charge >= 0.3 is 5.97 Å². The minimum atomic E-state index is -3.63. The average molecular weight is 524 g/mol. The molecular formula is C23H26ClN3O5S2.